The van der Waals surface area contributed by atoms with Crippen molar-refractivity contribution in [2.75, 3.05) is 7.11 Å². The highest BCUT2D eigenvalue weighted by Crippen LogP contribution is 2.27. The van der Waals surface area contributed by atoms with Crippen LogP contribution in [0.5, 0.6) is 5.75 Å². The van der Waals surface area contributed by atoms with E-state index in [2.05, 4.69) is 10.8 Å². The number of hydrogen-bond donors (Lipinski definition) is 0. The lowest BCUT2D eigenvalue weighted by molar-refractivity contribution is 0.414. The Hall–Kier alpha value is -2.44. The quantitative estimate of drug-likeness (QED) is 0.310. The number of benzene rings is 2. The number of allylic oxidation sites excluding steroid dienone is 2. The molecule has 0 atom stereocenters. The Balaban J connectivity index is 0.000000223. The fraction of sp³-hybridized carbons (Fsp3) is 0.227. The molecular weight excluding hydrogens is 429 g/mol. The normalized spacial score (nSPS) is 12.9. The first-order chi connectivity index (χ1) is 13.8. The lowest BCUT2D eigenvalue weighted by atomic mass is 10.1. The van der Waals surface area contributed by atoms with Crippen LogP contribution < -0.4 is 4.74 Å². The molecule has 0 heterocycles. The number of terminal acetylenes is 1. The number of methoxy groups -OCH3 is 1. The lowest BCUT2D eigenvalue weighted by Gasteiger charge is -2.08. The Morgan fingerprint density at radius 1 is 1.07 bits per heavy atom. The summed E-state index contributed by atoms with van der Waals surface area (Å²) in [6, 6.07) is 15.5. The van der Waals surface area contributed by atoms with Crippen LogP contribution in [0, 0.1) is 18.9 Å². The zero-order chi connectivity index (χ0) is 21.7. The average Bonchev–Trinajstić information content (AvgIpc) is 2.75. The van der Waals surface area contributed by atoms with Gasteiger partial charge in [-0.1, -0.05) is 37.0 Å². The summed E-state index contributed by atoms with van der Waals surface area (Å²) in [7, 11) is 2.98. The number of ether oxygens (including phenoxy) is 1. The molecule has 0 amide bonds. The third kappa shape index (κ3) is 9.54. The second kappa shape index (κ2) is 12.9. The van der Waals surface area contributed by atoms with Gasteiger partial charge in [-0.15, -0.1) is 18.0 Å². The van der Waals surface area contributed by atoms with Gasteiger partial charge in [0.25, 0.3) is 9.05 Å². The van der Waals surface area contributed by atoms with Crippen LogP contribution in [-0.4, -0.2) is 15.5 Å². The SMILES string of the molecule is C#Cc1ccccc1.COc1ccc(S(=O)(=O)Cl)cc1.[C-]#[N+]C1=C(Cl)CCCC1. The summed E-state index contributed by atoms with van der Waals surface area (Å²) >= 11 is 5.75. The molecule has 0 spiro atoms. The van der Waals surface area contributed by atoms with E-state index in [0.717, 1.165) is 42.0 Å². The lowest BCUT2D eigenvalue weighted by Crippen LogP contribution is -1.90. The van der Waals surface area contributed by atoms with Crippen LogP contribution >= 0.6 is 22.3 Å². The maximum atomic E-state index is 10.8. The van der Waals surface area contributed by atoms with Crippen molar-refractivity contribution in [3.8, 4) is 18.1 Å². The van der Waals surface area contributed by atoms with E-state index in [1.807, 2.05) is 30.3 Å². The second-order valence-corrected chi connectivity index (χ2v) is 8.82. The van der Waals surface area contributed by atoms with Crippen molar-refractivity contribution in [3.05, 3.63) is 82.3 Å². The Morgan fingerprint density at radius 2 is 1.66 bits per heavy atom. The van der Waals surface area contributed by atoms with Crippen molar-refractivity contribution in [3.63, 3.8) is 0 Å². The molecule has 7 heteroatoms. The van der Waals surface area contributed by atoms with E-state index in [9.17, 15) is 8.42 Å². The van der Waals surface area contributed by atoms with Gasteiger partial charge in [0.15, 0.2) is 5.70 Å². The van der Waals surface area contributed by atoms with Crippen LogP contribution in [0.15, 0.2) is 70.2 Å². The van der Waals surface area contributed by atoms with Crippen molar-refractivity contribution in [1.29, 1.82) is 0 Å². The van der Waals surface area contributed by atoms with E-state index in [1.165, 1.54) is 31.4 Å². The molecule has 0 radical (unpaired) electrons. The first-order valence-electron chi connectivity index (χ1n) is 8.67. The van der Waals surface area contributed by atoms with E-state index in [1.54, 1.807) is 0 Å². The minimum absolute atomic E-state index is 0.0740. The molecule has 152 valence electrons. The van der Waals surface area contributed by atoms with Gasteiger partial charge in [0.1, 0.15) is 5.75 Å². The summed E-state index contributed by atoms with van der Waals surface area (Å²) in [5, 5.41) is 0.788. The van der Waals surface area contributed by atoms with Gasteiger partial charge in [0, 0.05) is 21.3 Å². The van der Waals surface area contributed by atoms with Crippen LogP contribution in [0.4, 0.5) is 0 Å². The minimum atomic E-state index is -3.61. The van der Waals surface area contributed by atoms with Crippen LogP contribution in [0.2, 0.25) is 0 Å². The van der Waals surface area contributed by atoms with E-state index >= 15 is 0 Å². The molecule has 0 unspecified atom stereocenters. The first-order valence-corrected chi connectivity index (χ1v) is 11.4. The number of nitrogens with zero attached hydrogens (tertiary/aromatic N) is 1. The Bertz CT molecular complexity index is 987. The van der Waals surface area contributed by atoms with Gasteiger partial charge in [-0.05, 0) is 49.2 Å². The van der Waals surface area contributed by atoms with Crippen LogP contribution in [0.3, 0.4) is 0 Å². The Morgan fingerprint density at radius 3 is 2.03 bits per heavy atom. The zero-order valence-electron chi connectivity index (χ0n) is 15.9. The van der Waals surface area contributed by atoms with E-state index in [4.69, 9.17) is 40.0 Å². The third-order valence-corrected chi connectivity index (χ3v) is 5.57. The zero-order valence-corrected chi connectivity index (χ0v) is 18.3. The predicted octanol–water partition coefficient (Wildman–Crippen LogP) is 6.22. The molecule has 0 aromatic heterocycles. The third-order valence-electron chi connectivity index (χ3n) is 3.79. The summed E-state index contributed by atoms with van der Waals surface area (Å²) in [5.74, 6) is 3.12. The Kier molecular flexibility index (Phi) is 10.9. The Labute approximate surface area is 182 Å². The number of rotatable bonds is 2. The molecule has 0 fully saturated rings. The van der Waals surface area contributed by atoms with Gasteiger partial charge in [0.05, 0.1) is 18.6 Å². The molecule has 0 saturated heterocycles. The maximum Gasteiger partial charge on any atom is 0.261 e. The van der Waals surface area contributed by atoms with Gasteiger partial charge < -0.3 is 4.74 Å². The molecular formula is C22H21Cl2NO3S. The molecule has 4 nitrogen and oxygen atoms in total. The van der Waals surface area contributed by atoms with Crippen molar-refractivity contribution < 1.29 is 13.2 Å². The maximum absolute atomic E-state index is 10.8. The van der Waals surface area contributed by atoms with Gasteiger partial charge in [-0.3, -0.25) is 0 Å². The molecule has 3 rings (SSSR count). The molecule has 0 aliphatic heterocycles. The van der Waals surface area contributed by atoms with Crippen molar-refractivity contribution in [2.24, 2.45) is 0 Å². The summed E-state index contributed by atoms with van der Waals surface area (Å²) in [6.45, 7) is 6.71. The largest absolute Gasteiger partial charge is 0.497 e. The highest BCUT2D eigenvalue weighted by Gasteiger charge is 2.09. The molecule has 0 N–H and O–H groups in total. The fourth-order valence-electron chi connectivity index (χ4n) is 2.24. The molecule has 0 bridgehead atoms. The van der Waals surface area contributed by atoms with Crippen molar-refractivity contribution in [1.82, 2.24) is 0 Å². The molecule has 29 heavy (non-hydrogen) atoms. The van der Waals surface area contributed by atoms with Gasteiger partial charge in [-0.2, -0.15) is 0 Å². The van der Waals surface area contributed by atoms with Gasteiger partial charge in [-0.25, -0.2) is 13.3 Å². The fourth-order valence-corrected chi connectivity index (χ4v) is 3.28. The molecule has 1 aliphatic carbocycles. The molecule has 2 aromatic rings. The number of halogens is 2. The molecule has 2 aromatic carbocycles. The first kappa shape index (κ1) is 24.6. The van der Waals surface area contributed by atoms with Gasteiger partial charge in [0.2, 0.25) is 0 Å². The minimum Gasteiger partial charge on any atom is -0.497 e. The summed E-state index contributed by atoms with van der Waals surface area (Å²) in [6.07, 6.45) is 9.19. The summed E-state index contributed by atoms with van der Waals surface area (Å²) < 4.78 is 26.4. The summed E-state index contributed by atoms with van der Waals surface area (Å²) in [5.41, 5.74) is 1.72. The number of hydrogen-bond acceptors (Lipinski definition) is 3. The summed E-state index contributed by atoms with van der Waals surface area (Å²) in [4.78, 5) is 3.40. The van der Waals surface area contributed by atoms with Gasteiger partial charge >= 0.3 is 0 Å². The highest BCUT2D eigenvalue weighted by atomic mass is 35.7. The van der Waals surface area contributed by atoms with E-state index in [-0.39, 0.29) is 4.90 Å². The van der Waals surface area contributed by atoms with Crippen LogP contribution in [0.1, 0.15) is 31.2 Å². The van der Waals surface area contributed by atoms with Crippen molar-refractivity contribution in [2.45, 2.75) is 30.6 Å². The van der Waals surface area contributed by atoms with Crippen LogP contribution in [-0.2, 0) is 9.05 Å². The smallest absolute Gasteiger partial charge is 0.261 e. The topological polar surface area (TPSA) is 47.7 Å². The molecule has 1 aliphatic rings. The van der Waals surface area contributed by atoms with Crippen LogP contribution in [0.25, 0.3) is 4.85 Å². The highest BCUT2D eigenvalue weighted by molar-refractivity contribution is 8.13. The standard InChI is InChI=1S/C8H6.C7H8ClN.C7H7ClO3S/c1-2-8-6-4-3-5-7-8;1-9-7-5-3-2-4-6(7)8;1-11-6-2-4-7(5-3-6)12(8,9)10/h1,3-7H;2-5H2;2-5H,1H3. The monoisotopic (exact) mass is 449 g/mol. The average molecular weight is 450 g/mol. The van der Waals surface area contributed by atoms with E-state index in [0.29, 0.717) is 5.75 Å². The predicted molar refractivity (Wildman–Crippen MR) is 118 cm³/mol. The second-order valence-electron chi connectivity index (χ2n) is 5.79. The van der Waals surface area contributed by atoms with Crippen molar-refractivity contribution >= 4 is 31.3 Å². The molecule has 0 saturated carbocycles. The van der Waals surface area contributed by atoms with E-state index < -0.39 is 9.05 Å².